The summed E-state index contributed by atoms with van der Waals surface area (Å²) in [4.78, 5) is 78.4. The zero-order valence-corrected chi connectivity index (χ0v) is 80.6. The van der Waals surface area contributed by atoms with Gasteiger partial charge in [0, 0.05) is 68.7 Å². The first kappa shape index (κ1) is 95.8. The summed E-state index contributed by atoms with van der Waals surface area (Å²) in [6, 6.07) is 89.6. The summed E-state index contributed by atoms with van der Waals surface area (Å²) in [5.41, 5.74) is 18.0. The summed E-state index contributed by atoms with van der Waals surface area (Å²) in [6.07, 6.45) is 30.0. The minimum absolute atomic E-state index is 0.00523. The number of aliphatic hydroxyl groups excluding tert-OH is 2. The first-order valence-corrected chi connectivity index (χ1v) is 49.9. The third kappa shape index (κ3) is 20.2. The second-order valence-electron chi connectivity index (χ2n) is 39.4. The molecule has 24 nitrogen and oxygen atoms in total. The molecule has 7 heterocycles. The Balaban J connectivity index is 0.000000117. The Hall–Kier alpha value is -14.8. The molecule has 6 aromatic heterocycles. The highest BCUT2D eigenvalue weighted by Crippen LogP contribution is 2.64. The summed E-state index contributed by atoms with van der Waals surface area (Å²) < 4.78 is 54.9. The van der Waals surface area contributed by atoms with Crippen molar-refractivity contribution in [2.24, 2.45) is 52.3 Å². The van der Waals surface area contributed by atoms with Crippen molar-refractivity contribution < 1.29 is 76.1 Å². The van der Waals surface area contributed by atoms with Gasteiger partial charge in [-0.3, -0.25) is 24.7 Å². The van der Waals surface area contributed by atoms with Crippen LogP contribution in [0.1, 0.15) is 202 Å². The van der Waals surface area contributed by atoms with E-state index in [0.29, 0.717) is 85.0 Å². The fourth-order valence-corrected chi connectivity index (χ4v) is 24.9. The molecule has 8 saturated carbocycles. The van der Waals surface area contributed by atoms with Crippen molar-refractivity contribution in [1.29, 1.82) is 0 Å². The summed E-state index contributed by atoms with van der Waals surface area (Å²) in [5.74, 6) is 8.40. The molecule has 9 aliphatic rings. The van der Waals surface area contributed by atoms with Gasteiger partial charge >= 0.3 is 17.9 Å². The number of ether oxygens (including phenoxy) is 8. The second-order valence-corrected chi connectivity index (χ2v) is 39.4. The van der Waals surface area contributed by atoms with E-state index in [2.05, 4.69) is 191 Å². The molecule has 8 aliphatic carbocycles. The molecule has 1 amide bonds. The Morgan fingerprint density at radius 2 is 0.713 bits per heavy atom. The maximum Gasteiger partial charge on any atom is 0.360 e. The van der Waals surface area contributed by atoms with E-state index in [4.69, 9.17) is 42.0 Å². The number of benzene rings is 8. The van der Waals surface area contributed by atoms with Gasteiger partial charge in [-0.05, 0) is 314 Å². The fourth-order valence-electron chi connectivity index (χ4n) is 24.9. The van der Waals surface area contributed by atoms with Gasteiger partial charge in [0.1, 0.15) is 74.3 Å². The van der Waals surface area contributed by atoms with Crippen LogP contribution in [0.2, 0.25) is 0 Å². The number of hydrogen-bond donors (Lipinski definition) is 3. The number of rotatable bonds is 30. The van der Waals surface area contributed by atoms with Crippen LogP contribution < -0.4 is 24.3 Å². The lowest BCUT2D eigenvalue weighted by Crippen LogP contribution is -2.44. The number of esters is 3. The molecule has 730 valence electrons. The summed E-state index contributed by atoms with van der Waals surface area (Å²) in [7, 11) is 3.93. The normalized spacial score (nSPS) is 23.8. The van der Waals surface area contributed by atoms with Crippen molar-refractivity contribution in [2.45, 2.75) is 170 Å². The van der Waals surface area contributed by atoms with Gasteiger partial charge in [-0.15, -0.1) is 0 Å². The molecule has 24 heteroatoms. The molecule has 0 saturated heterocycles. The van der Waals surface area contributed by atoms with Gasteiger partial charge in [0.05, 0.1) is 57.3 Å². The van der Waals surface area contributed by atoms with Crippen LogP contribution in [0.5, 0.6) is 23.0 Å². The van der Waals surface area contributed by atoms with E-state index in [1.807, 2.05) is 109 Å². The molecular weight excluding hydrogens is 1800 g/mol. The van der Waals surface area contributed by atoms with Crippen LogP contribution in [0.4, 0.5) is 0 Å². The number of carbonyl (C=O) groups is 4. The molecule has 8 fully saturated rings. The van der Waals surface area contributed by atoms with Gasteiger partial charge < -0.3 is 62.3 Å². The number of fused-ring (bicyclic) bond motifs is 8. The monoisotopic (exact) mass is 1910 g/mol. The molecule has 23 rings (SSSR count). The molecule has 3 N–H and O–H groups in total. The Labute approximate surface area is 832 Å². The standard InChI is InChI=1S/C30H32N2O5.C30H30N2O4.C30H28N2O4.C29H28N2O3/c1-36-29(35)27(18-33)32-28(34)21-6-9-22(10-7-21)30(17-20-5-8-24(30)16-20)23-11-13-26(14-12-23)37-19-25-4-2-3-15-31-25;2*1-34-29(33)27-19-36-28(32-27)21-6-9-22(10-7-21)30(17-20-5-8-24(30)16-20)23-11-13-26(14-12-23)35-18-25-4-2-3-15-31-25;32-17-26-19-34-28(31-26)21-5-8-22(9-6-21)29(16-20-4-7-24(29)15-20)23-10-12-27(13-11-23)33-18-25-3-1-2-14-30-25/h2-4,6-7,9-15,20,24,27,33H,5,8,16-19H2,1H3,(H,32,34);2-4,6-7,9-15,20,24,27H,5,8,16-19H2,1H3;2-4,6-7,9-15,19-20,24H,5,8,16-18H2,1H3;1-3,5-6,8-14,19-20,24,32H,4,7,15-18H2/t2*20?,24?,27-,30+;20?,24?,30-;20?,24?,29-/m1100/s1. The lowest BCUT2D eigenvalue weighted by Gasteiger charge is -2.39. The van der Waals surface area contributed by atoms with Gasteiger partial charge in [-0.25, -0.2) is 29.3 Å². The van der Waals surface area contributed by atoms with Crippen molar-refractivity contribution in [3.8, 4) is 45.9 Å². The number of hydrogen-bond acceptors (Lipinski definition) is 23. The van der Waals surface area contributed by atoms with Crippen LogP contribution in [0.15, 0.2) is 318 Å². The van der Waals surface area contributed by atoms with Crippen molar-refractivity contribution in [2.75, 3.05) is 34.5 Å². The number of nitrogens with one attached hydrogen (secondary N) is 1. The quantitative estimate of drug-likeness (QED) is 0.0278. The van der Waals surface area contributed by atoms with Crippen LogP contribution in [0.25, 0.3) is 22.9 Å². The molecule has 14 aromatic rings. The topological polar surface area (TPSA) is 311 Å². The van der Waals surface area contributed by atoms with E-state index in [-0.39, 0.29) is 46.5 Å². The molecule has 0 spiro atoms. The third-order valence-corrected chi connectivity index (χ3v) is 31.6. The number of carbonyl (C=O) groups excluding carboxylic acids is 4. The van der Waals surface area contributed by atoms with Crippen molar-refractivity contribution in [3.63, 3.8) is 0 Å². The van der Waals surface area contributed by atoms with E-state index < -0.39 is 36.5 Å². The molecular formula is C119H118N8O16. The average Bonchev–Trinajstić information content (AvgIpc) is 1.60. The van der Waals surface area contributed by atoms with E-state index >= 15 is 0 Å². The highest BCUT2D eigenvalue weighted by molar-refractivity contribution is 5.98. The largest absolute Gasteiger partial charge is 0.487 e. The number of pyridine rings is 4. The van der Waals surface area contributed by atoms with Gasteiger partial charge in [-0.1, -0.05) is 147 Å². The first-order chi connectivity index (χ1) is 70.1. The van der Waals surface area contributed by atoms with Gasteiger partial charge in [-0.2, -0.15) is 0 Å². The predicted octanol–water partition coefficient (Wildman–Crippen LogP) is 21.2. The highest BCUT2D eigenvalue weighted by atomic mass is 16.5. The lowest BCUT2D eigenvalue weighted by atomic mass is 9.64. The number of amides is 1. The Morgan fingerprint density at radius 3 is 1.01 bits per heavy atom. The second kappa shape index (κ2) is 43.0. The first-order valence-electron chi connectivity index (χ1n) is 49.9. The van der Waals surface area contributed by atoms with Crippen LogP contribution in [0, 0.1) is 47.3 Å². The molecule has 0 radical (unpaired) electrons. The van der Waals surface area contributed by atoms with Crippen LogP contribution in [-0.4, -0.2) is 116 Å². The lowest BCUT2D eigenvalue weighted by molar-refractivity contribution is -0.144. The van der Waals surface area contributed by atoms with Gasteiger partial charge in [0.2, 0.25) is 17.7 Å². The molecule has 1 aliphatic heterocycles. The van der Waals surface area contributed by atoms with Gasteiger partial charge in [0.15, 0.2) is 17.8 Å². The van der Waals surface area contributed by atoms with Crippen LogP contribution >= 0.6 is 0 Å². The van der Waals surface area contributed by atoms with Crippen molar-refractivity contribution >= 4 is 29.7 Å². The molecule has 8 unspecified atom stereocenters. The van der Waals surface area contributed by atoms with E-state index in [1.165, 1.54) is 168 Å². The van der Waals surface area contributed by atoms with Crippen LogP contribution in [0.3, 0.4) is 0 Å². The summed E-state index contributed by atoms with van der Waals surface area (Å²) in [6.45, 7) is 1.39. The fraction of sp³-hybridized carbons (Fsp3) is 0.336. The molecule has 14 atom stereocenters. The summed E-state index contributed by atoms with van der Waals surface area (Å²) in [5, 5.41) is 21.2. The van der Waals surface area contributed by atoms with E-state index in [9.17, 15) is 29.4 Å². The van der Waals surface area contributed by atoms with E-state index in [1.54, 1.807) is 36.9 Å². The number of methoxy groups -OCH3 is 3. The predicted molar refractivity (Wildman–Crippen MR) is 538 cm³/mol. The SMILES string of the molecule is COC(=O)[C@@H](CO)NC(=O)c1ccc([C@]2(c3ccc(OCc4ccccn4)cc3)CC3CCC2C3)cc1.COC(=O)[C@H]1COC(c2ccc([C@]3(c4ccc(OCc5ccccn5)cc4)CC4CCC3C4)cc2)=N1.COC(=O)c1coc(-c2ccc([C@]3(c4ccc(OCc5ccccn5)cc4)CC4CCC3C4)cc2)n1.OCc1coc(-c2ccc([C@]3(c4ccc(OCc5ccccn5)cc4)CC4CCC3C4)cc2)n1. The van der Waals surface area contributed by atoms with E-state index in [0.717, 1.165) is 93.1 Å². The van der Waals surface area contributed by atoms with Crippen molar-refractivity contribution in [1.82, 2.24) is 35.2 Å². The minimum atomic E-state index is -1.09. The molecule has 8 bridgehead atoms. The number of nitrogens with zero attached hydrogens (tertiary/aromatic N) is 7. The average molecular weight is 1920 g/mol. The number of aliphatic hydroxyl groups is 2. The van der Waals surface area contributed by atoms with Crippen LogP contribution in [-0.2, 0) is 83.2 Å². The van der Waals surface area contributed by atoms with Gasteiger partial charge in [0.25, 0.3) is 5.91 Å². The Kier molecular flexibility index (Phi) is 28.8. The summed E-state index contributed by atoms with van der Waals surface area (Å²) >= 11 is 0. The number of oxazole rings is 2. The zero-order valence-electron chi connectivity index (χ0n) is 80.6. The smallest absolute Gasteiger partial charge is 0.360 e. The highest BCUT2D eigenvalue weighted by Gasteiger charge is 2.57. The third-order valence-electron chi connectivity index (χ3n) is 31.6. The molecule has 8 aromatic carbocycles. The number of aromatic nitrogens is 6. The van der Waals surface area contributed by atoms with Crippen molar-refractivity contribution in [3.05, 3.63) is 394 Å². The zero-order chi connectivity index (χ0) is 97.9. The minimum Gasteiger partial charge on any atom is -0.487 e. The maximum atomic E-state index is 12.7. The number of aliphatic imine (C=N–C) groups is 1. The molecule has 143 heavy (non-hydrogen) atoms. The Bertz CT molecular complexity index is 6710. The maximum absolute atomic E-state index is 12.7. The Morgan fingerprint density at radius 1 is 0.378 bits per heavy atom.